The summed E-state index contributed by atoms with van der Waals surface area (Å²) in [6.45, 7) is 3.70. The number of ether oxygens (including phenoxy) is 1. The van der Waals surface area contributed by atoms with E-state index in [4.69, 9.17) is 4.74 Å². The molecule has 0 saturated heterocycles. The highest BCUT2D eigenvalue weighted by Crippen LogP contribution is 2.34. The fourth-order valence-corrected chi connectivity index (χ4v) is 2.57. The Bertz CT molecular complexity index is 799. The lowest BCUT2D eigenvalue weighted by Gasteiger charge is -2.31. The Morgan fingerprint density at radius 1 is 1.22 bits per heavy atom. The van der Waals surface area contributed by atoms with Crippen molar-refractivity contribution >= 4 is 17.4 Å². The van der Waals surface area contributed by atoms with Crippen LogP contribution in [0, 0.1) is 5.82 Å². The highest BCUT2D eigenvalue weighted by Gasteiger charge is 2.32. The summed E-state index contributed by atoms with van der Waals surface area (Å²) in [6, 6.07) is 10.6. The molecule has 1 N–H and O–H groups in total. The first kappa shape index (κ1) is 15.2. The molecule has 0 spiro atoms. The number of anilines is 1. The Kier molecular flexibility index (Phi) is 3.64. The summed E-state index contributed by atoms with van der Waals surface area (Å²) in [6.07, 6.45) is 0.269. The molecule has 1 heterocycles. The van der Waals surface area contributed by atoms with Crippen molar-refractivity contribution in [3.05, 3.63) is 59.4 Å². The molecule has 0 unspecified atom stereocenters. The summed E-state index contributed by atoms with van der Waals surface area (Å²) in [5.41, 5.74) is 0.264. The van der Waals surface area contributed by atoms with E-state index < -0.39 is 17.3 Å². The molecule has 0 fully saturated rings. The average Bonchev–Trinajstić information content (AvgIpc) is 2.47. The fraction of sp³-hybridized carbons (Fsp3) is 0.222. The van der Waals surface area contributed by atoms with Crippen molar-refractivity contribution in [1.82, 2.24) is 0 Å². The average molecular weight is 313 g/mol. The minimum Gasteiger partial charge on any atom is -0.487 e. The predicted octanol–water partition coefficient (Wildman–Crippen LogP) is 3.82. The summed E-state index contributed by atoms with van der Waals surface area (Å²) in [5, 5.41) is 2.60. The lowest BCUT2D eigenvalue weighted by atomic mass is 9.93. The zero-order valence-electron chi connectivity index (χ0n) is 12.9. The largest absolute Gasteiger partial charge is 0.487 e. The maximum Gasteiger partial charge on any atom is 0.258 e. The minimum atomic E-state index is -0.593. The van der Waals surface area contributed by atoms with Crippen molar-refractivity contribution in [3.63, 3.8) is 0 Å². The molecule has 2 aromatic rings. The number of amides is 1. The van der Waals surface area contributed by atoms with Crippen LogP contribution in [0.3, 0.4) is 0 Å². The number of benzene rings is 2. The van der Waals surface area contributed by atoms with Gasteiger partial charge in [0.25, 0.3) is 5.91 Å². The van der Waals surface area contributed by atoms with Crippen LogP contribution in [0.5, 0.6) is 5.75 Å². The van der Waals surface area contributed by atoms with E-state index >= 15 is 0 Å². The molecule has 4 nitrogen and oxygen atoms in total. The van der Waals surface area contributed by atoms with Crippen LogP contribution < -0.4 is 10.1 Å². The topological polar surface area (TPSA) is 55.4 Å². The Labute approximate surface area is 133 Å². The SMILES string of the molecule is CC1(C)CC(=O)c2cc(NC(=O)c3ccccc3F)ccc2O1. The summed E-state index contributed by atoms with van der Waals surface area (Å²) in [5.74, 6) is -0.704. The number of carbonyl (C=O) groups excluding carboxylic acids is 2. The summed E-state index contributed by atoms with van der Waals surface area (Å²) in [4.78, 5) is 24.3. The molecule has 0 radical (unpaired) electrons. The van der Waals surface area contributed by atoms with E-state index in [1.54, 1.807) is 24.3 Å². The number of ketones is 1. The number of carbonyl (C=O) groups is 2. The van der Waals surface area contributed by atoms with Crippen molar-refractivity contribution in [2.75, 3.05) is 5.32 Å². The van der Waals surface area contributed by atoms with Crippen LogP contribution in [-0.2, 0) is 0 Å². The van der Waals surface area contributed by atoms with Crippen LogP contribution >= 0.6 is 0 Å². The molecule has 0 aromatic heterocycles. The number of hydrogen-bond donors (Lipinski definition) is 1. The molecule has 0 bridgehead atoms. The van der Waals surface area contributed by atoms with E-state index in [-0.39, 0.29) is 17.8 Å². The Morgan fingerprint density at radius 3 is 2.70 bits per heavy atom. The van der Waals surface area contributed by atoms with E-state index in [0.29, 0.717) is 17.0 Å². The van der Waals surface area contributed by atoms with Crippen LogP contribution in [0.1, 0.15) is 41.0 Å². The van der Waals surface area contributed by atoms with Gasteiger partial charge in [-0.15, -0.1) is 0 Å². The van der Waals surface area contributed by atoms with Crippen LogP contribution in [-0.4, -0.2) is 17.3 Å². The van der Waals surface area contributed by atoms with Crippen LogP contribution in [0.25, 0.3) is 0 Å². The van der Waals surface area contributed by atoms with E-state index in [2.05, 4.69) is 5.32 Å². The molecule has 1 aliphatic rings. The molecule has 1 amide bonds. The molecule has 118 valence electrons. The normalized spacial score (nSPS) is 15.5. The molecular weight excluding hydrogens is 297 g/mol. The summed E-state index contributed by atoms with van der Waals surface area (Å²) >= 11 is 0. The van der Waals surface area contributed by atoms with Gasteiger partial charge >= 0.3 is 0 Å². The third kappa shape index (κ3) is 3.08. The number of fused-ring (bicyclic) bond motifs is 1. The molecule has 3 rings (SSSR count). The van der Waals surface area contributed by atoms with Gasteiger partial charge < -0.3 is 10.1 Å². The first-order valence-corrected chi connectivity index (χ1v) is 7.28. The van der Waals surface area contributed by atoms with Crippen molar-refractivity contribution < 1.29 is 18.7 Å². The first-order chi connectivity index (χ1) is 10.9. The van der Waals surface area contributed by atoms with E-state index in [0.717, 1.165) is 0 Å². The second kappa shape index (κ2) is 5.50. The zero-order valence-corrected chi connectivity index (χ0v) is 12.9. The molecule has 1 aliphatic heterocycles. The second-order valence-corrected chi connectivity index (χ2v) is 6.11. The van der Waals surface area contributed by atoms with Gasteiger partial charge in [-0.05, 0) is 44.2 Å². The maximum absolute atomic E-state index is 13.6. The smallest absolute Gasteiger partial charge is 0.258 e. The Morgan fingerprint density at radius 2 is 1.96 bits per heavy atom. The zero-order chi connectivity index (χ0) is 16.6. The highest BCUT2D eigenvalue weighted by atomic mass is 19.1. The number of rotatable bonds is 2. The number of Topliss-reactive ketones (excluding diaryl/α,β-unsaturated/α-hetero) is 1. The fourth-order valence-electron chi connectivity index (χ4n) is 2.57. The minimum absolute atomic E-state index is 0.0433. The van der Waals surface area contributed by atoms with Crippen molar-refractivity contribution in [3.8, 4) is 5.75 Å². The lowest BCUT2D eigenvalue weighted by molar-refractivity contribution is 0.0620. The van der Waals surface area contributed by atoms with Gasteiger partial charge in [0.15, 0.2) is 5.78 Å². The quantitative estimate of drug-likeness (QED) is 0.917. The third-order valence-corrected chi connectivity index (χ3v) is 3.63. The number of nitrogens with one attached hydrogen (secondary N) is 1. The molecule has 2 aromatic carbocycles. The van der Waals surface area contributed by atoms with Gasteiger partial charge in [-0.25, -0.2) is 4.39 Å². The third-order valence-electron chi connectivity index (χ3n) is 3.63. The van der Waals surface area contributed by atoms with Gasteiger partial charge in [-0.2, -0.15) is 0 Å². The first-order valence-electron chi connectivity index (χ1n) is 7.28. The lowest BCUT2D eigenvalue weighted by Crippen LogP contribution is -2.35. The molecule has 0 saturated carbocycles. The van der Waals surface area contributed by atoms with Crippen LogP contribution in [0.4, 0.5) is 10.1 Å². The predicted molar refractivity (Wildman–Crippen MR) is 84.4 cm³/mol. The standard InChI is InChI=1S/C18H16FNO3/c1-18(2)10-15(21)13-9-11(7-8-16(13)23-18)20-17(22)12-5-3-4-6-14(12)19/h3-9H,10H2,1-2H3,(H,20,22). The van der Waals surface area contributed by atoms with Crippen LogP contribution in [0.2, 0.25) is 0 Å². The van der Waals surface area contributed by atoms with E-state index in [1.165, 1.54) is 18.2 Å². The number of halogens is 1. The van der Waals surface area contributed by atoms with Gasteiger partial charge in [0.2, 0.25) is 0 Å². The highest BCUT2D eigenvalue weighted by molar-refractivity contribution is 6.06. The van der Waals surface area contributed by atoms with Gasteiger partial charge in [0.1, 0.15) is 17.2 Å². The molecule has 0 aliphatic carbocycles. The summed E-state index contributed by atoms with van der Waals surface area (Å²) in [7, 11) is 0. The van der Waals surface area contributed by atoms with Crippen molar-refractivity contribution in [1.29, 1.82) is 0 Å². The van der Waals surface area contributed by atoms with Crippen molar-refractivity contribution in [2.24, 2.45) is 0 Å². The van der Waals surface area contributed by atoms with Gasteiger partial charge in [-0.3, -0.25) is 9.59 Å². The van der Waals surface area contributed by atoms with Crippen molar-refractivity contribution in [2.45, 2.75) is 25.9 Å². The molecule has 0 atom stereocenters. The molecule has 23 heavy (non-hydrogen) atoms. The van der Waals surface area contributed by atoms with Gasteiger partial charge in [0, 0.05) is 5.69 Å². The number of hydrogen-bond acceptors (Lipinski definition) is 3. The molecule has 5 heteroatoms. The van der Waals surface area contributed by atoms with Gasteiger partial charge in [-0.1, -0.05) is 12.1 Å². The second-order valence-electron chi connectivity index (χ2n) is 6.11. The maximum atomic E-state index is 13.6. The van der Waals surface area contributed by atoms with Crippen LogP contribution in [0.15, 0.2) is 42.5 Å². The van der Waals surface area contributed by atoms with E-state index in [1.807, 2.05) is 13.8 Å². The molecular formula is C18H16FNO3. The monoisotopic (exact) mass is 313 g/mol. The Balaban J connectivity index is 1.86. The Hall–Kier alpha value is -2.69. The van der Waals surface area contributed by atoms with Gasteiger partial charge in [0.05, 0.1) is 17.5 Å². The van der Waals surface area contributed by atoms with E-state index in [9.17, 15) is 14.0 Å². The summed E-state index contributed by atoms with van der Waals surface area (Å²) < 4.78 is 19.4.